The number of rotatable bonds is 3. The molecule has 0 radical (unpaired) electrons. The Kier molecular flexibility index (Phi) is 3.46. The standard InChI is InChI=1S/C11H11BrN4/c1-8-10(12)2-3-11(16-8)14-6-9-4-5-13-7-15-9/h2-5,7H,6H2,1H3,(H,14,16). The van der Waals surface area contributed by atoms with Crippen LogP contribution in [0.1, 0.15) is 11.4 Å². The van der Waals surface area contributed by atoms with Crippen LogP contribution in [-0.4, -0.2) is 15.0 Å². The topological polar surface area (TPSA) is 50.7 Å². The van der Waals surface area contributed by atoms with E-state index in [1.807, 2.05) is 25.1 Å². The highest BCUT2D eigenvalue weighted by Crippen LogP contribution is 2.16. The van der Waals surface area contributed by atoms with Crippen molar-refractivity contribution < 1.29 is 0 Å². The van der Waals surface area contributed by atoms with E-state index in [1.165, 1.54) is 6.33 Å². The molecule has 2 heterocycles. The lowest BCUT2D eigenvalue weighted by molar-refractivity contribution is 0.991. The summed E-state index contributed by atoms with van der Waals surface area (Å²) in [6.45, 7) is 2.61. The summed E-state index contributed by atoms with van der Waals surface area (Å²) in [5.74, 6) is 0.847. The van der Waals surface area contributed by atoms with Crippen molar-refractivity contribution in [2.24, 2.45) is 0 Å². The van der Waals surface area contributed by atoms with Crippen molar-refractivity contribution in [3.63, 3.8) is 0 Å². The molecule has 0 unspecified atom stereocenters. The van der Waals surface area contributed by atoms with Crippen molar-refractivity contribution >= 4 is 21.7 Å². The number of anilines is 1. The average Bonchev–Trinajstić information content (AvgIpc) is 2.32. The second-order valence-corrected chi connectivity index (χ2v) is 4.17. The van der Waals surface area contributed by atoms with Gasteiger partial charge >= 0.3 is 0 Å². The van der Waals surface area contributed by atoms with E-state index in [9.17, 15) is 0 Å². The molecule has 2 rings (SSSR count). The predicted molar refractivity (Wildman–Crippen MR) is 66.0 cm³/mol. The molecule has 1 N–H and O–H groups in total. The van der Waals surface area contributed by atoms with Crippen LogP contribution >= 0.6 is 15.9 Å². The minimum Gasteiger partial charge on any atom is -0.364 e. The van der Waals surface area contributed by atoms with Gasteiger partial charge in [-0.25, -0.2) is 15.0 Å². The lowest BCUT2D eigenvalue weighted by Gasteiger charge is -2.06. The Morgan fingerprint density at radius 1 is 1.31 bits per heavy atom. The number of halogens is 1. The van der Waals surface area contributed by atoms with E-state index >= 15 is 0 Å². The molecule has 0 atom stereocenters. The van der Waals surface area contributed by atoms with Crippen molar-refractivity contribution in [3.05, 3.63) is 46.6 Å². The van der Waals surface area contributed by atoms with Gasteiger partial charge in [0.15, 0.2) is 0 Å². The van der Waals surface area contributed by atoms with Crippen molar-refractivity contribution in [2.75, 3.05) is 5.32 Å². The fourth-order valence-electron chi connectivity index (χ4n) is 1.25. The van der Waals surface area contributed by atoms with Gasteiger partial charge in [0, 0.05) is 10.7 Å². The molecule has 82 valence electrons. The quantitative estimate of drug-likeness (QED) is 0.938. The molecule has 0 saturated heterocycles. The van der Waals surface area contributed by atoms with E-state index in [1.54, 1.807) is 6.20 Å². The van der Waals surface area contributed by atoms with Gasteiger partial charge < -0.3 is 5.32 Å². The third-order valence-corrected chi connectivity index (χ3v) is 2.95. The first kappa shape index (κ1) is 11.0. The Labute approximate surface area is 102 Å². The zero-order valence-electron chi connectivity index (χ0n) is 8.81. The Morgan fingerprint density at radius 3 is 2.88 bits per heavy atom. The number of hydrogen-bond donors (Lipinski definition) is 1. The molecule has 16 heavy (non-hydrogen) atoms. The Balaban J connectivity index is 2.03. The molecule has 2 aromatic rings. The van der Waals surface area contributed by atoms with E-state index < -0.39 is 0 Å². The first-order chi connectivity index (χ1) is 7.75. The van der Waals surface area contributed by atoms with Gasteiger partial charge in [0.25, 0.3) is 0 Å². The van der Waals surface area contributed by atoms with Gasteiger partial charge in [-0.05, 0) is 41.1 Å². The normalized spacial score (nSPS) is 10.1. The first-order valence-corrected chi connectivity index (χ1v) is 5.67. The summed E-state index contributed by atoms with van der Waals surface area (Å²) in [5.41, 5.74) is 1.91. The summed E-state index contributed by atoms with van der Waals surface area (Å²) in [6.07, 6.45) is 3.27. The highest BCUT2D eigenvalue weighted by molar-refractivity contribution is 9.10. The van der Waals surface area contributed by atoms with Crippen LogP contribution < -0.4 is 5.32 Å². The van der Waals surface area contributed by atoms with Crippen molar-refractivity contribution in [2.45, 2.75) is 13.5 Å². The fourth-order valence-corrected chi connectivity index (χ4v) is 1.47. The van der Waals surface area contributed by atoms with Crippen LogP contribution in [-0.2, 0) is 6.54 Å². The van der Waals surface area contributed by atoms with E-state index in [4.69, 9.17) is 0 Å². The maximum absolute atomic E-state index is 4.39. The second kappa shape index (κ2) is 5.03. The fraction of sp³-hybridized carbons (Fsp3) is 0.182. The summed E-state index contributed by atoms with van der Waals surface area (Å²) in [7, 11) is 0. The molecule has 0 aliphatic rings. The third kappa shape index (κ3) is 2.76. The third-order valence-electron chi connectivity index (χ3n) is 2.12. The summed E-state index contributed by atoms with van der Waals surface area (Å²) in [5, 5.41) is 3.21. The van der Waals surface area contributed by atoms with E-state index in [2.05, 4.69) is 36.2 Å². The van der Waals surface area contributed by atoms with E-state index in [0.29, 0.717) is 6.54 Å². The number of nitrogens with zero attached hydrogens (tertiary/aromatic N) is 3. The molecule has 0 aliphatic heterocycles. The van der Waals surface area contributed by atoms with Gasteiger partial charge in [0.1, 0.15) is 12.1 Å². The molecule has 0 fully saturated rings. The van der Waals surface area contributed by atoms with Crippen molar-refractivity contribution in [1.29, 1.82) is 0 Å². The van der Waals surface area contributed by atoms with Gasteiger partial charge in [0.05, 0.1) is 17.9 Å². The smallest absolute Gasteiger partial charge is 0.126 e. The second-order valence-electron chi connectivity index (χ2n) is 3.32. The summed E-state index contributed by atoms with van der Waals surface area (Å²) < 4.78 is 1.01. The van der Waals surface area contributed by atoms with Gasteiger partial charge in [-0.1, -0.05) is 0 Å². The van der Waals surface area contributed by atoms with Crippen LogP contribution in [0.4, 0.5) is 5.82 Å². The molecule has 0 amide bonds. The molecule has 2 aromatic heterocycles. The van der Waals surface area contributed by atoms with Crippen LogP contribution in [0.15, 0.2) is 35.2 Å². The van der Waals surface area contributed by atoms with Gasteiger partial charge in [-0.2, -0.15) is 0 Å². The van der Waals surface area contributed by atoms with E-state index in [-0.39, 0.29) is 0 Å². The number of aryl methyl sites for hydroxylation is 1. The SMILES string of the molecule is Cc1nc(NCc2ccncn2)ccc1Br. The predicted octanol–water partition coefficient (Wildman–Crippen LogP) is 2.55. The number of nitrogens with one attached hydrogen (secondary N) is 1. The van der Waals surface area contributed by atoms with Crippen LogP contribution in [0.25, 0.3) is 0 Å². The molecule has 0 aliphatic carbocycles. The van der Waals surface area contributed by atoms with Gasteiger partial charge in [-0.3, -0.25) is 0 Å². The lowest BCUT2D eigenvalue weighted by atomic mass is 10.3. The summed E-state index contributed by atoms with van der Waals surface area (Å²) in [6, 6.07) is 5.78. The zero-order valence-corrected chi connectivity index (χ0v) is 10.4. The lowest BCUT2D eigenvalue weighted by Crippen LogP contribution is -2.03. The molecule has 0 bridgehead atoms. The maximum atomic E-state index is 4.39. The number of aromatic nitrogens is 3. The molecule has 5 heteroatoms. The van der Waals surface area contributed by atoms with Gasteiger partial charge in [-0.15, -0.1) is 0 Å². The maximum Gasteiger partial charge on any atom is 0.126 e. The van der Waals surface area contributed by atoms with Crippen LogP contribution in [0.2, 0.25) is 0 Å². The monoisotopic (exact) mass is 278 g/mol. The Morgan fingerprint density at radius 2 is 2.19 bits per heavy atom. The number of pyridine rings is 1. The first-order valence-electron chi connectivity index (χ1n) is 4.87. The molecule has 0 saturated carbocycles. The largest absolute Gasteiger partial charge is 0.364 e. The van der Waals surface area contributed by atoms with Gasteiger partial charge in [0.2, 0.25) is 0 Å². The van der Waals surface area contributed by atoms with Crippen LogP contribution in [0.5, 0.6) is 0 Å². The number of hydrogen-bond acceptors (Lipinski definition) is 4. The van der Waals surface area contributed by atoms with Crippen LogP contribution in [0, 0.1) is 6.92 Å². The van der Waals surface area contributed by atoms with Crippen molar-refractivity contribution in [1.82, 2.24) is 15.0 Å². The minimum atomic E-state index is 0.649. The zero-order chi connectivity index (χ0) is 11.4. The highest BCUT2D eigenvalue weighted by Gasteiger charge is 1.99. The highest BCUT2D eigenvalue weighted by atomic mass is 79.9. The van der Waals surface area contributed by atoms with Crippen LogP contribution in [0.3, 0.4) is 0 Å². The summed E-state index contributed by atoms with van der Waals surface area (Å²) >= 11 is 3.41. The average molecular weight is 279 g/mol. The molecule has 0 aromatic carbocycles. The molecular weight excluding hydrogens is 268 g/mol. The molecular formula is C11H11BrN4. The van der Waals surface area contributed by atoms with Crippen molar-refractivity contribution in [3.8, 4) is 0 Å². The minimum absolute atomic E-state index is 0.649. The summed E-state index contributed by atoms with van der Waals surface area (Å²) in [4.78, 5) is 12.4. The molecule has 0 spiro atoms. The van der Waals surface area contributed by atoms with E-state index in [0.717, 1.165) is 21.7 Å². The molecule has 4 nitrogen and oxygen atoms in total. The Hall–Kier alpha value is -1.49. The Bertz CT molecular complexity index is 473.